The number of hydrogen-bond donors (Lipinski definition) is 3. The van der Waals surface area contributed by atoms with Crippen LogP contribution in [0.4, 0.5) is 22.5 Å². The van der Waals surface area contributed by atoms with Crippen LogP contribution in [-0.4, -0.2) is 20.9 Å². The van der Waals surface area contributed by atoms with Crippen molar-refractivity contribution < 1.29 is 4.79 Å². The number of amides is 1. The molecule has 3 aromatic rings. The molecule has 0 saturated heterocycles. The van der Waals surface area contributed by atoms with E-state index < -0.39 is 0 Å². The Morgan fingerprint density at radius 2 is 2.08 bits per heavy atom. The van der Waals surface area contributed by atoms with Gasteiger partial charge in [-0.25, -0.2) is 15.0 Å². The Morgan fingerprint density at radius 3 is 2.80 bits per heavy atom. The maximum atomic E-state index is 12.4. The average Bonchev–Trinajstić information content (AvgIpc) is 2.98. The summed E-state index contributed by atoms with van der Waals surface area (Å²) in [7, 11) is 0. The van der Waals surface area contributed by atoms with Crippen LogP contribution in [0.15, 0.2) is 30.5 Å². The van der Waals surface area contributed by atoms with Gasteiger partial charge in [-0.2, -0.15) is 0 Å². The molecule has 2 aromatic heterocycles. The molecule has 0 spiro atoms. The Morgan fingerprint density at radius 1 is 1.28 bits per heavy atom. The molecule has 0 fully saturated rings. The van der Waals surface area contributed by atoms with E-state index in [0.29, 0.717) is 38.2 Å². The summed E-state index contributed by atoms with van der Waals surface area (Å²) >= 11 is 7.34. The third-order valence-electron chi connectivity index (χ3n) is 3.28. The highest BCUT2D eigenvalue weighted by Gasteiger charge is 2.14. The zero-order chi connectivity index (χ0) is 18.0. The van der Waals surface area contributed by atoms with Crippen molar-refractivity contribution in [2.75, 3.05) is 16.4 Å². The van der Waals surface area contributed by atoms with Gasteiger partial charge in [-0.3, -0.25) is 4.79 Å². The van der Waals surface area contributed by atoms with Crippen LogP contribution < -0.4 is 16.4 Å². The highest BCUT2D eigenvalue weighted by atomic mass is 35.5. The van der Waals surface area contributed by atoms with E-state index >= 15 is 0 Å². The fourth-order valence-corrected chi connectivity index (χ4v) is 3.15. The Kier molecular flexibility index (Phi) is 4.82. The fourth-order valence-electron chi connectivity index (χ4n) is 2.17. The molecule has 0 atom stereocenters. The topological polar surface area (TPSA) is 106 Å². The standard InChI is InChI=1S/C16H15ClN6OS/c1-8-4-3-5-10(17)14(8)23-15(24)11-7-19-16(25-11)22-13-6-12(18)20-9(2)21-13/h3-7H,1-2H3,(H,23,24)(H3,18,19,20,21,22). The maximum absolute atomic E-state index is 12.4. The van der Waals surface area contributed by atoms with Crippen molar-refractivity contribution in [3.05, 3.63) is 51.7 Å². The number of benzene rings is 1. The molecule has 0 unspecified atom stereocenters. The van der Waals surface area contributed by atoms with Crippen molar-refractivity contribution >= 4 is 51.3 Å². The summed E-state index contributed by atoms with van der Waals surface area (Å²) < 4.78 is 0. The van der Waals surface area contributed by atoms with Gasteiger partial charge in [0.15, 0.2) is 5.13 Å². The van der Waals surface area contributed by atoms with Gasteiger partial charge < -0.3 is 16.4 Å². The van der Waals surface area contributed by atoms with Gasteiger partial charge >= 0.3 is 0 Å². The molecule has 128 valence electrons. The minimum atomic E-state index is -0.278. The summed E-state index contributed by atoms with van der Waals surface area (Å²) in [5.74, 6) is 1.15. The van der Waals surface area contributed by atoms with Gasteiger partial charge in [0.1, 0.15) is 22.3 Å². The summed E-state index contributed by atoms with van der Waals surface area (Å²) in [5.41, 5.74) is 7.17. The van der Waals surface area contributed by atoms with E-state index in [2.05, 4.69) is 25.6 Å². The van der Waals surface area contributed by atoms with Crippen LogP contribution in [0.3, 0.4) is 0 Å². The molecule has 0 saturated carbocycles. The minimum Gasteiger partial charge on any atom is -0.384 e. The van der Waals surface area contributed by atoms with Crippen LogP contribution in [0.2, 0.25) is 5.02 Å². The molecule has 0 aliphatic rings. The van der Waals surface area contributed by atoms with E-state index in [-0.39, 0.29) is 5.91 Å². The van der Waals surface area contributed by atoms with Crippen LogP contribution >= 0.6 is 22.9 Å². The number of nitrogens with two attached hydrogens (primary N) is 1. The predicted octanol–water partition coefficient (Wildman–Crippen LogP) is 3.78. The number of halogens is 1. The molecule has 7 nitrogen and oxygen atoms in total. The third kappa shape index (κ3) is 4.04. The van der Waals surface area contributed by atoms with Crippen LogP contribution in [0, 0.1) is 13.8 Å². The van der Waals surface area contributed by atoms with Crippen molar-refractivity contribution in [2.24, 2.45) is 0 Å². The average molecular weight is 375 g/mol. The first kappa shape index (κ1) is 17.1. The number of nitrogen functional groups attached to an aromatic ring is 1. The van der Waals surface area contributed by atoms with Crippen molar-refractivity contribution in [1.29, 1.82) is 0 Å². The van der Waals surface area contributed by atoms with E-state index in [4.69, 9.17) is 17.3 Å². The van der Waals surface area contributed by atoms with Gasteiger partial charge in [-0.05, 0) is 25.5 Å². The number of nitrogens with one attached hydrogen (secondary N) is 2. The van der Waals surface area contributed by atoms with Crippen LogP contribution in [0.5, 0.6) is 0 Å². The second-order valence-corrected chi connectivity index (χ2v) is 6.70. The van der Waals surface area contributed by atoms with Crippen LogP contribution in [0.25, 0.3) is 0 Å². The number of hydrogen-bond acceptors (Lipinski definition) is 7. The van der Waals surface area contributed by atoms with E-state index in [9.17, 15) is 4.79 Å². The first-order valence-corrected chi connectivity index (χ1v) is 8.52. The second-order valence-electron chi connectivity index (χ2n) is 5.27. The van der Waals surface area contributed by atoms with Crippen LogP contribution in [-0.2, 0) is 0 Å². The molecule has 1 aromatic carbocycles. The second kappa shape index (κ2) is 7.04. The number of aryl methyl sites for hydroxylation is 2. The number of nitrogens with zero attached hydrogens (tertiary/aromatic N) is 3. The lowest BCUT2D eigenvalue weighted by molar-refractivity contribution is 0.103. The number of aromatic nitrogens is 3. The zero-order valence-electron chi connectivity index (χ0n) is 13.5. The summed E-state index contributed by atoms with van der Waals surface area (Å²) in [5, 5.41) is 6.85. The first-order chi connectivity index (χ1) is 11.9. The highest BCUT2D eigenvalue weighted by molar-refractivity contribution is 7.17. The van der Waals surface area contributed by atoms with E-state index in [1.165, 1.54) is 17.5 Å². The largest absolute Gasteiger partial charge is 0.384 e. The monoisotopic (exact) mass is 374 g/mol. The highest BCUT2D eigenvalue weighted by Crippen LogP contribution is 2.27. The van der Waals surface area contributed by atoms with E-state index in [1.54, 1.807) is 19.1 Å². The SMILES string of the molecule is Cc1nc(N)cc(Nc2ncc(C(=O)Nc3c(C)cccc3Cl)s2)n1. The number of carbonyl (C=O) groups excluding carboxylic acids is 1. The predicted molar refractivity (Wildman–Crippen MR) is 101 cm³/mol. The van der Waals surface area contributed by atoms with Crippen molar-refractivity contribution in [3.63, 3.8) is 0 Å². The molecule has 0 bridgehead atoms. The molecule has 25 heavy (non-hydrogen) atoms. The normalized spacial score (nSPS) is 10.5. The molecule has 2 heterocycles. The Hall–Kier alpha value is -2.71. The van der Waals surface area contributed by atoms with Gasteiger partial charge in [0, 0.05) is 6.07 Å². The lowest BCUT2D eigenvalue weighted by Crippen LogP contribution is -2.11. The van der Waals surface area contributed by atoms with E-state index in [1.807, 2.05) is 19.1 Å². The van der Waals surface area contributed by atoms with Gasteiger partial charge in [-0.15, -0.1) is 0 Å². The molecule has 0 radical (unpaired) electrons. The maximum Gasteiger partial charge on any atom is 0.267 e. The Balaban J connectivity index is 1.75. The van der Waals surface area contributed by atoms with Crippen molar-refractivity contribution in [1.82, 2.24) is 15.0 Å². The number of rotatable bonds is 4. The summed E-state index contributed by atoms with van der Waals surface area (Å²) in [6.45, 7) is 3.62. The molecule has 4 N–H and O–H groups in total. The quantitative estimate of drug-likeness (QED) is 0.641. The molecule has 0 aliphatic carbocycles. The lowest BCUT2D eigenvalue weighted by atomic mass is 10.2. The zero-order valence-corrected chi connectivity index (χ0v) is 15.1. The van der Waals surface area contributed by atoms with Crippen molar-refractivity contribution in [2.45, 2.75) is 13.8 Å². The van der Waals surface area contributed by atoms with Crippen molar-refractivity contribution in [3.8, 4) is 0 Å². The fraction of sp³-hybridized carbons (Fsp3) is 0.125. The molecule has 0 aliphatic heterocycles. The lowest BCUT2D eigenvalue weighted by Gasteiger charge is -2.08. The number of carbonyl (C=O) groups is 1. The summed E-state index contributed by atoms with van der Waals surface area (Å²) in [6.07, 6.45) is 1.49. The number of para-hydroxylation sites is 1. The molecular formula is C16H15ClN6OS. The Bertz CT molecular complexity index is 902. The molecular weight excluding hydrogens is 360 g/mol. The van der Waals surface area contributed by atoms with Gasteiger partial charge in [0.25, 0.3) is 5.91 Å². The van der Waals surface area contributed by atoms with Crippen LogP contribution in [0.1, 0.15) is 21.1 Å². The summed E-state index contributed by atoms with van der Waals surface area (Å²) in [6, 6.07) is 7.04. The minimum absolute atomic E-state index is 0.278. The van der Waals surface area contributed by atoms with Gasteiger partial charge in [0.2, 0.25) is 0 Å². The third-order valence-corrected chi connectivity index (χ3v) is 4.51. The molecule has 3 rings (SSSR count). The number of anilines is 4. The molecule has 9 heteroatoms. The molecule has 1 amide bonds. The van der Waals surface area contributed by atoms with E-state index in [0.717, 1.165) is 5.56 Å². The van der Waals surface area contributed by atoms with Gasteiger partial charge in [-0.1, -0.05) is 35.1 Å². The summed E-state index contributed by atoms with van der Waals surface area (Å²) in [4.78, 5) is 25.3. The Labute approximate surface area is 153 Å². The van der Waals surface area contributed by atoms with Gasteiger partial charge in [0.05, 0.1) is 16.9 Å². The number of thiazole rings is 1. The smallest absolute Gasteiger partial charge is 0.267 e. The first-order valence-electron chi connectivity index (χ1n) is 7.33.